The van der Waals surface area contributed by atoms with Crippen molar-refractivity contribution in [1.29, 1.82) is 0 Å². The monoisotopic (exact) mass is 212 g/mol. The van der Waals surface area contributed by atoms with Crippen LogP contribution in [-0.2, 0) is 17.9 Å². The second kappa shape index (κ2) is 5.45. The van der Waals surface area contributed by atoms with Gasteiger partial charge in [-0.2, -0.15) is 0 Å². The lowest BCUT2D eigenvalue weighted by atomic mass is 10.4. The molecule has 6 nitrogen and oxygen atoms in total. The summed E-state index contributed by atoms with van der Waals surface area (Å²) < 4.78 is 1.44. The van der Waals surface area contributed by atoms with Gasteiger partial charge >= 0.3 is 0 Å². The number of rotatable bonds is 5. The Kier molecular flexibility index (Phi) is 4.23. The fourth-order valence-corrected chi connectivity index (χ4v) is 1.30. The van der Waals surface area contributed by atoms with Crippen molar-refractivity contribution in [3.8, 4) is 0 Å². The summed E-state index contributed by atoms with van der Waals surface area (Å²) in [5.41, 5.74) is 0.474. The molecule has 0 radical (unpaired) electrons. The summed E-state index contributed by atoms with van der Waals surface area (Å²) in [6, 6.07) is 0. The molecule has 1 aromatic rings. The Morgan fingerprint density at radius 3 is 2.67 bits per heavy atom. The van der Waals surface area contributed by atoms with Crippen molar-refractivity contribution < 1.29 is 9.90 Å². The van der Waals surface area contributed by atoms with Crippen molar-refractivity contribution in [3.63, 3.8) is 0 Å². The molecule has 0 fully saturated rings. The van der Waals surface area contributed by atoms with Crippen LogP contribution in [0.3, 0.4) is 0 Å². The highest BCUT2D eigenvalue weighted by molar-refractivity contribution is 5.75. The first-order chi connectivity index (χ1) is 7.21. The number of nitrogens with zero attached hydrogens (tertiary/aromatic N) is 4. The molecule has 1 N–H and O–H groups in total. The zero-order valence-electron chi connectivity index (χ0n) is 9.05. The van der Waals surface area contributed by atoms with Gasteiger partial charge in [-0.1, -0.05) is 5.21 Å². The lowest BCUT2D eigenvalue weighted by molar-refractivity contribution is -0.131. The van der Waals surface area contributed by atoms with Crippen molar-refractivity contribution >= 4 is 5.91 Å². The Labute approximate surface area is 88.5 Å². The normalized spacial score (nSPS) is 10.3. The molecular weight excluding hydrogens is 196 g/mol. The van der Waals surface area contributed by atoms with Gasteiger partial charge in [-0.3, -0.25) is 4.79 Å². The molecule has 0 aliphatic heterocycles. The molecule has 0 saturated carbocycles. The zero-order chi connectivity index (χ0) is 11.3. The number of aromatic nitrogens is 3. The molecule has 0 saturated heterocycles. The molecule has 0 unspecified atom stereocenters. The maximum absolute atomic E-state index is 11.6. The predicted octanol–water partition coefficient (Wildman–Crippen LogP) is -0.361. The van der Waals surface area contributed by atoms with E-state index in [1.165, 1.54) is 4.68 Å². The van der Waals surface area contributed by atoms with E-state index in [-0.39, 0.29) is 19.1 Å². The summed E-state index contributed by atoms with van der Waals surface area (Å²) in [5.74, 6) is 0.00869. The van der Waals surface area contributed by atoms with Gasteiger partial charge in [0.2, 0.25) is 5.91 Å². The quantitative estimate of drug-likeness (QED) is 0.723. The number of amides is 1. The molecule has 1 rings (SSSR count). The Hall–Kier alpha value is -1.43. The highest BCUT2D eigenvalue weighted by Gasteiger charge is 2.11. The third-order valence-electron chi connectivity index (χ3n) is 2.16. The van der Waals surface area contributed by atoms with Gasteiger partial charge in [0.25, 0.3) is 0 Å². The third kappa shape index (κ3) is 3.02. The number of carbonyl (C=O) groups is 1. The van der Waals surface area contributed by atoms with Gasteiger partial charge in [-0.15, -0.1) is 5.10 Å². The van der Waals surface area contributed by atoms with Crippen LogP contribution in [0.4, 0.5) is 0 Å². The van der Waals surface area contributed by atoms with E-state index < -0.39 is 0 Å². The lowest BCUT2D eigenvalue weighted by Gasteiger charge is -2.17. The molecule has 1 aromatic heterocycles. The standard InChI is InChI=1S/C9H16N4O2/c1-3-12(4-2)9(15)6-13-5-8(7-14)10-11-13/h5,14H,3-4,6-7H2,1-2H3. The first-order valence-corrected chi connectivity index (χ1v) is 4.98. The fraction of sp³-hybridized carbons (Fsp3) is 0.667. The smallest absolute Gasteiger partial charge is 0.244 e. The molecule has 15 heavy (non-hydrogen) atoms. The van der Waals surface area contributed by atoms with Gasteiger partial charge in [0.05, 0.1) is 12.8 Å². The number of carbonyl (C=O) groups excluding carboxylic acids is 1. The van der Waals surface area contributed by atoms with Gasteiger partial charge in [-0.25, -0.2) is 4.68 Å². The summed E-state index contributed by atoms with van der Waals surface area (Å²) in [5, 5.41) is 16.2. The number of hydrogen-bond acceptors (Lipinski definition) is 4. The molecule has 0 atom stereocenters. The molecule has 0 bridgehead atoms. The van der Waals surface area contributed by atoms with E-state index in [1.807, 2.05) is 13.8 Å². The number of hydrogen-bond donors (Lipinski definition) is 1. The molecule has 6 heteroatoms. The van der Waals surface area contributed by atoms with E-state index in [0.717, 1.165) is 0 Å². The second-order valence-corrected chi connectivity index (χ2v) is 3.13. The van der Waals surface area contributed by atoms with Gasteiger partial charge in [0, 0.05) is 13.1 Å². The largest absolute Gasteiger partial charge is 0.390 e. The Morgan fingerprint density at radius 1 is 1.53 bits per heavy atom. The summed E-state index contributed by atoms with van der Waals surface area (Å²) in [4.78, 5) is 13.4. The van der Waals surface area contributed by atoms with Crippen LogP contribution in [0.5, 0.6) is 0 Å². The van der Waals surface area contributed by atoms with Crippen LogP contribution in [0, 0.1) is 0 Å². The topological polar surface area (TPSA) is 71.2 Å². The van der Waals surface area contributed by atoms with E-state index in [1.54, 1.807) is 11.1 Å². The molecule has 0 aromatic carbocycles. The Morgan fingerprint density at radius 2 is 2.20 bits per heavy atom. The average Bonchev–Trinajstić information content (AvgIpc) is 2.67. The fourth-order valence-electron chi connectivity index (χ4n) is 1.30. The summed E-state index contributed by atoms with van der Waals surface area (Å²) in [6.07, 6.45) is 1.57. The molecule has 1 amide bonds. The summed E-state index contributed by atoms with van der Waals surface area (Å²) >= 11 is 0. The molecule has 1 heterocycles. The van der Waals surface area contributed by atoms with Gasteiger partial charge in [0.1, 0.15) is 12.2 Å². The second-order valence-electron chi connectivity index (χ2n) is 3.13. The van der Waals surface area contributed by atoms with E-state index >= 15 is 0 Å². The molecule has 0 aliphatic carbocycles. The van der Waals surface area contributed by atoms with E-state index in [2.05, 4.69) is 10.3 Å². The summed E-state index contributed by atoms with van der Waals surface area (Å²) in [7, 11) is 0. The van der Waals surface area contributed by atoms with Gasteiger partial charge in [0.15, 0.2) is 0 Å². The van der Waals surface area contributed by atoms with Crippen molar-refractivity contribution in [1.82, 2.24) is 19.9 Å². The van der Waals surface area contributed by atoms with Crippen molar-refractivity contribution in [2.24, 2.45) is 0 Å². The van der Waals surface area contributed by atoms with Crippen molar-refractivity contribution in [2.45, 2.75) is 27.0 Å². The minimum atomic E-state index is -0.153. The van der Waals surface area contributed by atoms with Crippen LogP contribution in [0.25, 0.3) is 0 Å². The third-order valence-corrected chi connectivity index (χ3v) is 2.16. The maximum atomic E-state index is 11.6. The van der Waals surface area contributed by atoms with E-state index in [9.17, 15) is 4.79 Å². The van der Waals surface area contributed by atoms with Crippen molar-refractivity contribution in [2.75, 3.05) is 13.1 Å². The Balaban J connectivity index is 2.57. The minimum Gasteiger partial charge on any atom is -0.390 e. The highest BCUT2D eigenvalue weighted by atomic mass is 16.3. The average molecular weight is 212 g/mol. The van der Waals surface area contributed by atoms with Crippen LogP contribution in [0.2, 0.25) is 0 Å². The molecule has 0 spiro atoms. The molecule has 0 aliphatic rings. The van der Waals surface area contributed by atoms with Crippen LogP contribution < -0.4 is 0 Å². The highest BCUT2D eigenvalue weighted by Crippen LogP contribution is 1.95. The molecule has 84 valence electrons. The first kappa shape index (κ1) is 11.6. The number of aliphatic hydroxyl groups excluding tert-OH is 1. The first-order valence-electron chi connectivity index (χ1n) is 4.98. The van der Waals surface area contributed by atoms with Crippen LogP contribution in [0.15, 0.2) is 6.20 Å². The van der Waals surface area contributed by atoms with Crippen molar-refractivity contribution in [3.05, 3.63) is 11.9 Å². The predicted molar refractivity (Wildman–Crippen MR) is 53.9 cm³/mol. The lowest BCUT2D eigenvalue weighted by Crippen LogP contribution is -2.33. The number of likely N-dealkylation sites (N-methyl/N-ethyl adjacent to an activating group) is 1. The van der Waals surface area contributed by atoms with Gasteiger partial charge in [-0.05, 0) is 13.8 Å². The Bertz CT molecular complexity index is 320. The maximum Gasteiger partial charge on any atom is 0.244 e. The van der Waals surface area contributed by atoms with E-state index in [4.69, 9.17) is 5.11 Å². The van der Waals surface area contributed by atoms with Crippen LogP contribution >= 0.6 is 0 Å². The molecular formula is C9H16N4O2. The summed E-state index contributed by atoms with van der Waals surface area (Å²) in [6.45, 7) is 5.27. The van der Waals surface area contributed by atoms with Crippen LogP contribution in [0.1, 0.15) is 19.5 Å². The number of aliphatic hydroxyl groups is 1. The van der Waals surface area contributed by atoms with Crippen LogP contribution in [-0.4, -0.2) is 44.0 Å². The van der Waals surface area contributed by atoms with Gasteiger partial charge < -0.3 is 10.0 Å². The zero-order valence-corrected chi connectivity index (χ0v) is 9.05. The minimum absolute atomic E-state index is 0.00869. The SMILES string of the molecule is CCN(CC)C(=O)Cn1cc(CO)nn1. The van der Waals surface area contributed by atoms with E-state index in [0.29, 0.717) is 18.8 Å².